The molecule has 0 bridgehead atoms. The van der Waals surface area contributed by atoms with Crippen molar-refractivity contribution in [1.82, 2.24) is 0 Å². The highest BCUT2D eigenvalue weighted by Crippen LogP contribution is 2.43. The van der Waals surface area contributed by atoms with Crippen molar-refractivity contribution in [2.75, 3.05) is 7.11 Å². The van der Waals surface area contributed by atoms with Gasteiger partial charge in [0.15, 0.2) is 17.5 Å². The van der Waals surface area contributed by atoms with E-state index in [2.05, 4.69) is 15.9 Å². The quantitative estimate of drug-likeness (QED) is 0.111. The van der Waals surface area contributed by atoms with Crippen LogP contribution in [-0.4, -0.2) is 52.1 Å². The Kier molecular flexibility index (Phi) is 11.4. The molecule has 52 heavy (non-hydrogen) atoms. The van der Waals surface area contributed by atoms with Gasteiger partial charge in [0.05, 0.1) is 18.2 Å². The standard InChI is InChI=1S/C39H39BrO12/c1-11-24-22(9)34(20(7)18(5)29(24)36(44)45)51-37(46)28-15(2)12-26(16(3)17(28)4)50-38(47)30-19(6)21(8)35(32(40)33(30)43)52-39(48)31-25(42)13-23(41)14-27(31)49-10/h12-14,31,41,43H,11H2,1-10H3,(H,44,45). The first kappa shape index (κ1) is 39.4. The van der Waals surface area contributed by atoms with Crippen LogP contribution in [0.2, 0.25) is 0 Å². The Morgan fingerprint density at radius 1 is 0.731 bits per heavy atom. The molecule has 274 valence electrons. The Hall–Kier alpha value is -5.43. The number of aromatic carboxylic acids is 1. The highest BCUT2D eigenvalue weighted by atomic mass is 79.9. The topological polar surface area (TPSA) is 183 Å². The third-order valence-corrected chi connectivity index (χ3v) is 10.3. The van der Waals surface area contributed by atoms with E-state index in [9.17, 15) is 39.3 Å². The Balaban J connectivity index is 1.65. The molecular formula is C39H39BrO12. The van der Waals surface area contributed by atoms with Gasteiger partial charge in [-0.05, 0) is 134 Å². The predicted molar refractivity (Wildman–Crippen MR) is 193 cm³/mol. The van der Waals surface area contributed by atoms with Gasteiger partial charge in [0.25, 0.3) is 0 Å². The number of aliphatic hydroxyl groups excluding tert-OH is 1. The number of aryl methyl sites for hydroxylation is 1. The van der Waals surface area contributed by atoms with Gasteiger partial charge in [-0.2, -0.15) is 0 Å². The van der Waals surface area contributed by atoms with Crippen molar-refractivity contribution >= 4 is 45.6 Å². The number of allylic oxidation sites excluding steroid dienone is 2. The zero-order chi connectivity index (χ0) is 39.1. The number of methoxy groups -OCH3 is 1. The van der Waals surface area contributed by atoms with E-state index in [4.69, 9.17) is 18.9 Å². The number of aromatic hydroxyl groups is 1. The van der Waals surface area contributed by atoms with Gasteiger partial charge in [-0.1, -0.05) is 6.92 Å². The van der Waals surface area contributed by atoms with Gasteiger partial charge in [-0.3, -0.25) is 9.59 Å². The largest absolute Gasteiger partial charge is 0.508 e. The zero-order valence-electron chi connectivity index (χ0n) is 30.4. The fourth-order valence-corrected chi connectivity index (χ4v) is 6.91. The number of rotatable bonds is 9. The van der Waals surface area contributed by atoms with E-state index in [-0.39, 0.29) is 61.1 Å². The lowest BCUT2D eigenvalue weighted by molar-refractivity contribution is -0.142. The molecule has 3 N–H and O–H groups in total. The molecule has 1 unspecified atom stereocenters. The number of carboxylic acid groups (broad SMARTS) is 1. The average Bonchev–Trinajstić information content (AvgIpc) is 3.07. The van der Waals surface area contributed by atoms with Crippen LogP contribution in [0.15, 0.2) is 34.2 Å². The second-order valence-corrected chi connectivity index (χ2v) is 13.3. The van der Waals surface area contributed by atoms with Crippen LogP contribution >= 0.6 is 15.9 Å². The van der Waals surface area contributed by atoms with Crippen LogP contribution in [0.1, 0.15) is 88.1 Å². The normalized spacial score (nSPS) is 14.0. The number of phenolic OH excluding ortho intramolecular Hbond substituents is 1. The number of esters is 3. The number of halogens is 1. The molecule has 0 saturated heterocycles. The molecule has 1 aliphatic carbocycles. The lowest BCUT2D eigenvalue weighted by Gasteiger charge is -2.22. The summed E-state index contributed by atoms with van der Waals surface area (Å²) in [6.07, 6.45) is 2.41. The fraction of sp³-hybridized carbons (Fsp3) is 0.308. The molecule has 4 rings (SSSR count). The molecule has 0 spiro atoms. The van der Waals surface area contributed by atoms with Crippen LogP contribution in [0.25, 0.3) is 0 Å². The summed E-state index contributed by atoms with van der Waals surface area (Å²) in [5, 5.41) is 30.7. The summed E-state index contributed by atoms with van der Waals surface area (Å²) in [6, 6.07) is 1.51. The summed E-state index contributed by atoms with van der Waals surface area (Å²) in [5.74, 6) is -6.80. The summed E-state index contributed by atoms with van der Waals surface area (Å²) < 4.78 is 22.2. The molecule has 1 atom stereocenters. The number of aliphatic hydroxyl groups is 1. The molecule has 0 amide bonds. The van der Waals surface area contributed by atoms with Gasteiger partial charge >= 0.3 is 23.9 Å². The number of carbonyl (C=O) groups is 5. The van der Waals surface area contributed by atoms with Crippen molar-refractivity contribution in [3.05, 3.63) is 101 Å². The van der Waals surface area contributed by atoms with E-state index < -0.39 is 41.3 Å². The first-order valence-electron chi connectivity index (χ1n) is 16.1. The SMILES string of the molecule is CCc1c(C)c(OC(=O)c2c(C)cc(OC(=O)c3c(C)c(C)c(OC(=O)C4C(=O)C=C(O)C=C4OC)c(Br)c3O)c(C)c2C)c(C)c(C)c1C(=O)O. The average molecular weight is 780 g/mol. The van der Waals surface area contributed by atoms with E-state index in [1.165, 1.54) is 20.1 Å². The fourth-order valence-electron chi connectivity index (χ4n) is 6.33. The van der Waals surface area contributed by atoms with Crippen LogP contribution in [0.5, 0.6) is 23.0 Å². The number of carbonyl (C=O) groups excluding carboxylic acids is 4. The number of benzene rings is 3. The molecular weight excluding hydrogens is 740 g/mol. The van der Waals surface area contributed by atoms with Crippen LogP contribution in [0.4, 0.5) is 0 Å². The summed E-state index contributed by atoms with van der Waals surface area (Å²) in [5.41, 5.74) is 4.24. The van der Waals surface area contributed by atoms with E-state index in [0.29, 0.717) is 45.4 Å². The van der Waals surface area contributed by atoms with Gasteiger partial charge in [0.1, 0.15) is 38.8 Å². The first-order chi connectivity index (χ1) is 24.3. The van der Waals surface area contributed by atoms with Crippen molar-refractivity contribution in [2.24, 2.45) is 5.92 Å². The Morgan fingerprint density at radius 3 is 1.87 bits per heavy atom. The van der Waals surface area contributed by atoms with Crippen LogP contribution in [0, 0.1) is 61.3 Å². The van der Waals surface area contributed by atoms with E-state index in [1.807, 2.05) is 6.92 Å². The van der Waals surface area contributed by atoms with Crippen molar-refractivity contribution in [2.45, 2.75) is 68.7 Å². The van der Waals surface area contributed by atoms with Crippen LogP contribution in [0.3, 0.4) is 0 Å². The van der Waals surface area contributed by atoms with Crippen molar-refractivity contribution in [3.8, 4) is 23.0 Å². The second kappa shape index (κ2) is 15.0. The van der Waals surface area contributed by atoms with E-state index in [0.717, 1.165) is 12.2 Å². The minimum atomic E-state index is -1.50. The van der Waals surface area contributed by atoms with Crippen LogP contribution in [-0.2, 0) is 20.7 Å². The molecule has 0 aromatic heterocycles. The third-order valence-electron chi connectivity index (χ3n) is 9.54. The first-order valence-corrected chi connectivity index (χ1v) is 16.9. The van der Waals surface area contributed by atoms with Crippen molar-refractivity contribution < 1.29 is 58.2 Å². The third kappa shape index (κ3) is 6.92. The van der Waals surface area contributed by atoms with Gasteiger partial charge in [-0.15, -0.1) is 0 Å². The molecule has 0 heterocycles. The number of carboxylic acids is 1. The second-order valence-electron chi connectivity index (χ2n) is 12.5. The summed E-state index contributed by atoms with van der Waals surface area (Å²) in [6.45, 7) is 15.0. The summed E-state index contributed by atoms with van der Waals surface area (Å²) in [7, 11) is 1.23. The van der Waals surface area contributed by atoms with Gasteiger partial charge in [0.2, 0.25) is 0 Å². The smallest absolute Gasteiger partial charge is 0.347 e. The number of ether oxygens (including phenoxy) is 4. The minimum absolute atomic E-state index is 0.118. The number of hydrogen-bond donors (Lipinski definition) is 3. The summed E-state index contributed by atoms with van der Waals surface area (Å²) >= 11 is 3.21. The number of ketones is 1. The van der Waals surface area contributed by atoms with Crippen LogP contribution < -0.4 is 14.2 Å². The van der Waals surface area contributed by atoms with Crippen molar-refractivity contribution in [1.29, 1.82) is 0 Å². The maximum Gasteiger partial charge on any atom is 0.347 e. The van der Waals surface area contributed by atoms with Gasteiger partial charge < -0.3 is 34.3 Å². The molecule has 12 nitrogen and oxygen atoms in total. The lowest BCUT2D eigenvalue weighted by Crippen LogP contribution is -2.32. The molecule has 0 fully saturated rings. The number of hydrogen-bond acceptors (Lipinski definition) is 11. The van der Waals surface area contributed by atoms with Crippen molar-refractivity contribution in [3.63, 3.8) is 0 Å². The van der Waals surface area contributed by atoms with E-state index in [1.54, 1.807) is 48.5 Å². The summed E-state index contributed by atoms with van der Waals surface area (Å²) in [4.78, 5) is 64.9. The Labute approximate surface area is 308 Å². The maximum absolute atomic E-state index is 13.7. The maximum atomic E-state index is 13.7. The monoisotopic (exact) mass is 778 g/mol. The molecule has 0 radical (unpaired) electrons. The minimum Gasteiger partial charge on any atom is -0.508 e. The van der Waals surface area contributed by atoms with Gasteiger partial charge in [-0.25, -0.2) is 14.4 Å². The molecule has 3 aromatic rings. The molecule has 3 aromatic carbocycles. The highest BCUT2D eigenvalue weighted by molar-refractivity contribution is 9.10. The number of phenols is 1. The highest BCUT2D eigenvalue weighted by Gasteiger charge is 2.37. The molecule has 0 aliphatic heterocycles. The lowest BCUT2D eigenvalue weighted by atomic mass is 9.90. The molecule has 0 saturated carbocycles. The van der Waals surface area contributed by atoms with Gasteiger partial charge in [0, 0.05) is 12.2 Å². The Morgan fingerprint density at radius 2 is 1.29 bits per heavy atom. The van der Waals surface area contributed by atoms with E-state index >= 15 is 0 Å². The zero-order valence-corrected chi connectivity index (χ0v) is 32.0. The molecule has 13 heteroatoms. The Bertz CT molecular complexity index is 2130. The predicted octanol–water partition coefficient (Wildman–Crippen LogP) is 7.40. The molecule has 1 aliphatic rings.